The maximum atomic E-state index is 12.2. The lowest BCUT2D eigenvalue weighted by molar-refractivity contribution is 0.0724. The molecule has 6 nitrogen and oxygen atoms in total. The van der Waals surface area contributed by atoms with Crippen LogP contribution in [-0.4, -0.2) is 55.1 Å². The predicted molar refractivity (Wildman–Crippen MR) is 70.9 cm³/mol. The average Bonchev–Trinajstić information content (AvgIpc) is 2.71. The molecule has 2 rings (SSSR count). The molecule has 0 unspecified atom stereocenters. The molecule has 0 radical (unpaired) electrons. The lowest BCUT2D eigenvalue weighted by Gasteiger charge is -2.20. The van der Waals surface area contributed by atoms with Crippen LogP contribution in [-0.2, 0) is 4.74 Å². The Labute approximate surface area is 119 Å². The third-order valence-corrected chi connectivity index (χ3v) is 3.43. The van der Waals surface area contributed by atoms with Crippen molar-refractivity contribution < 1.29 is 18.7 Å². The number of hydrogen-bond donors (Lipinski definition) is 0. The van der Waals surface area contributed by atoms with Gasteiger partial charge in [0.1, 0.15) is 0 Å². The van der Waals surface area contributed by atoms with Crippen LogP contribution in [0.1, 0.15) is 17.0 Å². The van der Waals surface area contributed by atoms with Gasteiger partial charge in [0.2, 0.25) is 0 Å². The molecule has 2 heterocycles. The highest BCUT2D eigenvalue weighted by Gasteiger charge is 2.24. The van der Waals surface area contributed by atoms with Crippen LogP contribution in [0.15, 0.2) is 21.2 Å². The zero-order valence-electron chi connectivity index (χ0n) is 10.6. The topological polar surface area (TPSA) is 63.0 Å². The van der Waals surface area contributed by atoms with E-state index in [4.69, 9.17) is 4.42 Å². The molecule has 0 atom stereocenters. The van der Waals surface area contributed by atoms with Crippen molar-refractivity contribution in [2.24, 2.45) is 0 Å². The van der Waals surface area contributed by atoms with Gasteiger partial charge in [-0.2, -0.15) is 0 Å². The molecule has 1 aliphatic heterocycles. The first-order valence-electron chi connectivity index (χ1n) is 5.99. The molecule has 7 heteroatoms. The number of furan rings is 1. The molecule has 1 aromatic rings. The molecule has 1 saturated heterocycles. The Kier molecular flexibility index (Phi) is 4.47. The summed E-state index contributed by atoms with van der Waals surface area (Å²) in [7, 11) is 1.36. The molecule has 104 valence electrons. The van der Waals surface area contributed by atoms with Gasteiger partial charge in [0, 0.05) is 26.2 Å². The lowest BCUT2D eigenvalue weighted by Crippen LogP contribution is -2.37. The molecule has 0 aliphatic carbocycles. The highest BCUT2D eigenvalue weighted by Crippen LogP contribution is 2.16. The van der Waals surface area contributed by atoms with Crippen LogP contribution in [0.2, 0.25) is 0 Å². The summed E-state index contributed by atoms with van der Waals surface area (Å²) in [5.41, 5.74) is 0. The van der Waals surface area contributed by atoms with Gasteiger partial charge in [-0.15, -0.1) is 0 Å². The van der Waals surface area contributed by atoms with Gasteiger partial charge in [0.25, 0.3) is 5.91 Å². The summed E-state index contributed by atoms with van der Waals surface area (Å²) in [6.07, 6.45) is 0.373. The first-order valence-corrected chi connectivity index (χ1v) is 6.78. The summed E-state index contributed by atoms with van der Waals surface area (Å²) in [4.78, 5) is 26.9. The fourth-order valence-electron chi connectivity index (χ4n) is 2.02. The van der Waals surface area contributed by atoms with Crippen LogP contribution >= 0.6 is 15.9 Å². The molecule has 19 heavy (non-hydrogen) atoms. The zero-order chi connectivity index (χ0) is 13.8. The third-order valence-electron chi connectivity index (χ3n) is 3.00. The Bertz CT molecular complexity index is 474. The minimum absolute atomic E-state index is 0.155. The SMILES string of the molecule is COC(=O)N1CCCN(C(=O)c2ccc(Br)o2)CC1. The molecule has 0 bridgehead atoms. The second kappa shape index (κ2) is 6.10. The van der Waals surface area contributed by atoms with Gasteiger partial charge in [-0.05, 0) is 34.5 Å². The summed E-state index contributed by atoms with van der Waals surface area (Å²) < 4.78 is 10.5. The summed E-state index contributed by atoms with van der Waals surface area (Å²) in [5.74, 6) is 0.149. The summed E-state index contributed by atoms with van der Waals surface area (Å²) >= 11 is 3.17. The second-order valence-electron chi connectivity index (χ2n) is 4.21. The number of carbonyl (C=O) groups excluding carboxylic acids is 2. The molecule has 1 aromatic heterocycles. The number of ether oxygens (including phenoxy) is 1. The van der Waals surface area contributed by atoms with E-state index in [1.807, 2.05) is 0 Å². The van der Waals surface area contributed by atoms with Crippen LogP contribution in [0.4, 0.5) is 4.79 Å². The largest absolute Gasteiger partial charge is 0.453 e. The Morgan fingerprint density at radius 2 is 1.89 bits per heavy atom. The molecule has 2 amide bonds. The number of rotatable bonds is 1. The molecule has 0 saturated carbocycles. The third kappa shape index (κ3) is 3.28. The van der Waals surface area contributed by atoms with Crippen molar-refractivity contribution in [1.29, 1.82) is 0 Å². The predicted octanol–water partition coefficient (Wildman–Crippen LogP) is 1.96. The Hall–Kier alpha value is -1.50. The Balaban J connectivity index is 1.99. The number of methoxy groups -OCH3 is 1. The van der Waals surface area contributed by atoms with Crippen LogP contribution in [0.25, 0.3) is 0 Å². The van der Waals surface area contributed by atoms with E-state index in [0.29, 0.717) is 36.6 Å². The van der Waals surface area contributed by atoms with Crippen molar-refractivity contribution in [3.8, 4) is 0 Å². The van der Waals surface area contributed by atoms with Crippen molar-refractivity contribution in [2.45, 2.75) is 6.42 Å². The minimum Gasteiger partial charge on any atom is -0.453 e. The van der Waals surface area contributed by atoms with Gasteiger partial charge in [-0.3, -0.25) is 4.79 Å². The van der Waals surface area contributed by atoms with Crippen LogP contribution in [0.5, 0.6) is 0 Å². The van der Waals surface area contributed by atoms with Gasteiger partial charge < -0.3 is 19.0 Å². The highest BCUT2D eigenvalue weighted by atomic mass is 79.9. The number of hydrogen-bond acceptors (Lipinski definition) is 4. The number of halogens is 1. The van der Waals surface area contributed by atoms with E-state index >= 15 is 0 Å². The smallest absolute Gasteiger partial charge is 0.409 e. The highest BCUT2D eigenvalue weighted by molar-refractivity contribution is 9.10. The van der Waals surface area contributed by atoms with Crippen LogP contribution in [0, 0.1) is 0 Å². The van der Waals surface area contributed by atoms with Crippen molar-refractivity contribution in [1.82, 2.24) is 9.80 Å². The van der Waals surface area contributed by atoms with Crippen LogP contribution in [0.3, 0.4) is 0 Å². The summed E-state index contributed by atoms with van der Waals surface area (Å²) in [5, 5.41) is 0. The van der Waals surface area contributed by atoms with E-state index in [1.54, 1.807) is 21.9 Å². The second-order valence-corrected chi connectivity index (χ2v) is 4.99. The Morgan fingerprint density at radius 3 is 2.53 bits per heavy atom. The van der Waals surface area contributed by atoms with E-state index in [-0.39, 0.29) is 12.0 Å². The van der Waals surface area contributed by atoms with Crippen molar-refractivity contribution in [3.63, 3.8) is 0 Å². The van der Waals surface area contributed by atoms with Gasteiger partial charge in [-0.1, -0.05) is 0 Å². The monoisotopic (exact) mass is 330 g/mol. The van der Waals surface area contributed by atoms with E-state index in [9.17, 15) is 9.59 Å². The number of amides is 2. The standard InChI is InChI=1S/C12H15BrN2O4/c1-18-12(17)15-6-2-5-14(7-8-15)11(16)9-3-4-10(13)19-9/h3-4H,2,5-8H2,1H3. The molecular formula is C12H15BrN2O4. The number of nitrogens with zero attached hydrogens (tertiary/aromatic N) is 2. The first-order chi connectivity index (χ1) is 9.11. The van der Waals surface area contributed by atoms with Crippen molar-refractivity contribution in [3.05, 3.63) is 22.6 Å². The molecule has 0 aromatic carbocycles. The fourth-order valence-corrected chi connectivity index (χ4v) is 2.32. The van der Waals surface area contributed by atoms with E-state index in [2.05, 4.69) is 20.7 Å². The molecule has 0 spiro atoms. The van der Waals surface area contributed by atoms with Crippen molar-refractivity contribution >= 4 is 27.9 Å². The van der Waals surface area contributed by atoms with Gasteiger partial charge >= 0.3 is 6.09 Å². The van der Waals surface area contributed by atoms with Crippen molar-refractivity contribution in [2.75, 3.05) is 33.3 Å². The van der Waals surface area contributed by atoms with Gasteiger partial charge in [0.15, 0.2) is 10.4 Å². The van der Waals surface area contributed by atoms with E-state index in [0.717, 1.165) is 6.42 Å². The summed E-state index contributed by atoms with van der Waals surface area (Å²) in [6.45, 7) is 2.15. The molecule has 0 N–H and O–H groups in total. The number of carbonyl (C=O) groups is 2. The maximum absolute atomic E-state index is 12.2. The quantitative estimate of drug-likeness (QED) is 0.789. The lowest BCUT2D eigenvalue weighted by atomic mass is 10.3. The van der Waals surface area contributed by atoms with Gasteiger partial charge in [-0.25, -0.2) is 4.79 Å². The fraction of sp³-hybridized carbons (Fsp3) is 0.500. The first kappa shape index (κ1) is 13.9. The molecular weight excluding hydrogens is 316 g/mol. The van der Waals surface area contributed by atoms with E-state index < -0.39 is 0 Å². The Morgan fingerprint density at radius 1 is 1.21 bits per heavy atom. The van der Waals surface area contributed by atoms with Crippen LogP contribution < -0.4 is 0 Å². The normalized spacial score (nSPS) is 16.1. The maximum Gasteiger partial charge on any atom is 0.409 e. The molecule has 1 aliphatic rings. The molecule has 1 fully saturated rings. The average molecular weight is 331 g/mol. The van der Waals surface area contributed by atoms with E-state index in [1.165, 1.54) is 7.11 Å². The van der Waals surface area contributed by atoms with Gasteiger partial charge in [0.05, 0.1) is 7.11 Å². The zero-order valence-corrected chi connectivity index (χ0v) is 12.2. The minimum atomic E-state index is -0.352. The summed E-state index contributed by atoms with van der Waals surface area (Å²) in [6, 6.07) is 3.32.